The Bertz CT molecular complexity index is 2430. The molecule has 0 unspecified atom stereocenters. The number of hydrogen-bond donors (Lipinski definition) is 0. The summed E-state index contributed by atoms with van der Waals surface area (Å²) in [5, 5.41) is 2.52. The van der Waals surface area contributed by atoms with Gasteiger partial charge in [-0.05, 0) is 118 Å². The number of anilines is 4. The maximum Gasteiger partial charge on any atom is 0.0540 e. The van der Waals surface area contributed by atoms with E-state index in [0.29, 0.717) is 0 Å². The molecule has 2 heterocycles. The van der Waals surface area contributed by atoms with E-state index in [-0.39, 0.29) is 5.41 Å². The summed E-state index contributed by atoms with van der Waals surface area (Å²) in [5.74, 6) is 0. The van der Waals surface area contributed by atoms with Crippen molar-refractivity contribution in [3.8, 4) is 11.1 Å². The van der Waals surface area contributed by atoms with Gasteiger partial charge < -0.3 is 9.80 Å². The van der Waals surface area contributed by atoms with Crippen molar-refractivity contribution in [3.63, 3.8) is 0 Å². The number of nitrogens with zero attached hydrogens (tertiary/aromatic N) is 2. The molecule has 0 fully saturated rings. The molecule has 0 saturated carbocycles. The van der Waals surface area contributed by atoms with Crippen molar-refractivity contribution in [1.82, 2.24) is 0 Å². The SMILES string of the molecule is CC1(C)c2cc(/C=C/c3cccc4c(N5c6ccccc6Cc6ccccc65)cccc34)ccc2-c2ccc(N3CCCC4=C3C=CCC4)cc21. The van der Waals surface area contributed by atoms with Crippen molar-refractivity contribution in [1.29, 1.82) is 0 Å². The van der Waals surface area contributed by atoms with Crippen LogP contribution in [0.15, 0.2) is 145 Å². The first kappa shape index (κ1) is 30.2. The molecular formula is C49H42N2. The van der Waals surface area contributed by atoms with Crippen molar-refractivity contribution in [2.75, 3.05) is 16.3 Å². The Morgan fingerprint density at radius 2 is 1.33 bits per heavy atom. The Morgan fingerprint density at radius 3 is 2.16 bits per heavy atom. The molecule has 10 rings (SSSR count). The predicted molar refractivity (Wildman–Crippen MR) is 216 cm³/mol. The molecule has 0 saturated heterocycles. The number of para-hydroxylation sites is 2. The van der Waals surface area contributed by atoms with Gasteiger partial charge in [-0.25, -0.2) is 0 Å². The van der Waals surface area contributed by atoms with E-state index in [0.717, 1.165) is 13.0 Å². The quantitative estimate of drug-likeness (QED) is 0.174. The van der Waals surface area contributed by atoms with Gasteiger partial charge in [0.15, 0.2) is 0 Å². The fraction of sp³-hybridized carbons (Fsp3) is 0.184. The monoisotopic (exact) mass is 658 g/mol. The smallest absolute Gasteiger partial charge is 0.0540 e. The third-order valence-corrected chi connectivity index (χ3v) is 11.9. The molecular weight excluding hydrogens is 617 g/mol. The minimum Gasteiger partial charge on any atom is -0.342 e. The van der Waals surface area contributed by atoms with Crippen molar-refractivity contribution in [2.45, 2.75) is 51.4 Å². The van der Waals surface area contributed by atoms with Crippen LogP contribution in [0, 0.1) is 0 Å². The van der Waals surface area contributed by atoms with E-state index in [1.165, 1.54) is 109 Å². The first-order valence-electron chi connectivity index (χ1n) is 18.7. The van der Waals surface area contributed by atoms with Crippen molar-refractivity contribution >= 4 is 45.7 Å². The van der Waals surface area contributed by atoms with Gasteiger partial charge in [0.1, 0.15) is 0 Å². The van der Waals surface area contributed by atoms with Crippen LogP contribution in [0.4, 0.5) is 22.7 Å². The van der Waals surface area contributed by atoms with Crippen LogP contribution in [0.5, 0.6) is 0 Å². The van der Waals surface area contributed by atoms with Crippen LogP contribution in [0.25, 0.3) is 34.1 Å². The number of hydrogen-bond acceptors (Lipinski definition) is 2. The normalized spacial score (nSPS) is 17.0. The topological polar surface area (TPSA) is 6.48 Å². The number of benzene rings is 6. The van der Waals surface area contributed by atoms with Gasteiger partial charge in [-0.1, -0.05) is 123 Å². The molecule has 4 aliphatic rings. The molecule has 0 atom stereocenters. The predicted octanol–water partition coefficient (Wildman–Crippen LogP) is 12.9. The van der Waals surface area contributed by atoms with E-state index < -0.39 is 0 Å². The third-order valence-electron chi connectivity index (χ3n) is 11.9. The summed E-state index contributed by atoms with van der Waals surface area (Å²) in [7, 11) is 0. The third kappa shape index (κ3) is 4.84. The zero-order chi connectivity index (χ0) is 34.1. The highest BCUT2D eigenvalue weighted by Crippen LogP contribution is 2.51. The highest BCUT2D eigenvalue weighted by Gasteiger charge is 2.36. The zero-order valence-electron chi connectivity index (χ0n) is 29.5. The standard InChI is InChI=1S/C49H42N2/c1-49(2)43-30-33(24-27-40(43)41-28-26-38(32-44(41)49)50-29-11-16-35-12-3-6-19-45(35)50)23-25-34-15-9-18-42-39(34)17-10-22-48(42)51-46-20-7-4-13-36(46)31-37-14-5-8-21-47(37)51/h4-10,13-15,17-28,30,32H,3,11-12,16,29,31H2,1-2H3/b25-23+. The molecule has 248 valence electrons. The summed E-state index contributed by atoms with van der Waals surface area (Å²) in [4.78, 5) is 5.03. The average Bonchev–Trinajstić information content (AvgIpc) is 3.40. The lowest BCUT2D eigenvalue weighted by Crippen LogP contribution is -2.29. The minimum atomic E-state index is -0.0741. The van der Waals surface area contributed by atoms with Crippen LogP contribution in [0.2, 0.25) is 0 Å². The fourth-order valence-electron chi connectivity index (χ4n) is 9.28. The van der Waals surface area contributed by atoms with Crippen molar-refractivity contribution in [2.24, 2.45) is 0 Å². The van der Waals surface area contributed by atoms with Crippen LogP contribution in [0.3, 0.4) is 0 Å². The van der Waals surface area contributed by atoms with Crippen molar-refractivity contribution in [3.05, 3.63) is 178 Å². The Balaban J connectivity index is 0.992. The molecule has 2 heteroatoms. The molecule has 2 aliphatic carbocycles. The van der Waals surface area contributed by atoms with Crippen LogP contribution in [-0.2, 0) is 11.8 Å². The first-order chi connectivity index (χ1) is 25.0. The summed E-state index contributed by atoms with van der Waals surface area (Å²) >= 11 is 0. The van der Waals surface area contributed by atoms with Gasteiger partial charge in [0.05, 0.1) is 5.69 Å². The second-order valence-electron chi connectivity index (χ2n) is 15.2. The average molecular weight is 659 g/mol. The summed E-state index contributed by atoms with van der Waals surface area (Å²) in [6, 6.07) is 45.4. The van der Waals surface area contributed by atoms with E-state index in [1.807, 2.05) is 0 Å². The first-order valence-corrected chi connectivity index (χ1v) is 18.7. The van der Waals surface area contributed by atoms with Crippen molar-refractivity contribution < 1.29 is 0 Å². The van der Waals surface area contributed by atoms with Gasteiger partial charge in [0.2, 0.25) is 0 Å². The lowest BCUT2D eigenvalue weighted by molar-refractivity contribution is 0.657. The van der Waals surface area contributed by atoms with E-state index in [2.05, 4.69) is 169 Å². The molecule has 0 bridgehead atoms. The number of rotatable bonds is 4. The number of fused-ring (bicyclic) bond motifs is 6. The van der Waals surface area contributed by atoms with Crippen LogP contribution >= 0.6 is 0 Å². The van der Waals surface area contributed by atoms with Crippen LogP contribution in [-0.4, -0.2) is 6.54 Å². The summed E-state index contributed by atoms with van der Waals surface area (Å²) < 4.78 is 0. The van der Waals surface area contributed by atoms with Crippen LogP contribution in [0.1, 0.15) is 72.9 Å². The van der Waals surface area contributed by atoms with Gasteiger partial charge >= 0.3 is 0 Å². The van der Waals surface area contributed by atoms with E-state index in [4.69, 9.17) is 0 Å². The Hall–Kier alpha value is -5.60. The maximum absolute atomic E-state index is 2.57. The lowest BCUT2D eigenvalue weighted by Gasteiger charge is -2.35. The van der Waals surface area contributed by atoms with Crippen LogP contribution < -0.4 is 9.80 Å². The molecule has 6 aromatic carbocycles. The molecule has 0 amide bonds. The molecule has 6 aromatic rings. The molecule has 2 aliphatic heterocycles. The Labute approximate surface area is 301 Å². The zero-order valence-corrected chi connectivity index (χ0v) is 29.5. The fourth-order valence-corrected chi connectivity index (χ4v) is 9.28. The second-order valence-corrected chi connectivity index (χ2v) is 15.2. The molecule has 51 heavy (non-hydrogen) atoms. The highest BCUT2D eigenvalue weighted by molar-refractivity contribution is 6.04. The Kier molecular flexibility index (Phi) is 6.96. The van der Waals surface area contributed by atoms with E-state index in [9.17, 15) is 0 Å². The highest BCUT2D eigenvalue weighted by atomic mass is 15.2. The van der Waals surface area contributed by atoms with Gasteiger partial charge in [0, 0.05) is 46.5 Å². The van der Waals surface area contributed by atoms with Gasteiger partial charge in [-0.2, -0.15) is 0 Å². The molecule has 0 radical (unpaired) electrons. The summed E-state index contributed by atoms with van der Waals surface area (Å²) in [6.45, 7) is 5.90. The molecule has 0 N–H and O–H groups in total. The lowest BCUT2D eigenvalue weighted by atomic mass is 9.81. The summed E-state index contributed by atoms with van der Waals surface area (Å²) in [5.41, 5.74) is 18.9. The molecule has 0 spiro atoms. The number of allylic oxidation sites excluding steroid dienone is 3. The maximum atomic E-state index is 2.57. The van der Waals surface area contributed by atoms with Gasteiger partial charge in [0.25, 0.3) is 0 Å². The Morgan fingerprint density at radius 1 is 0.627 bits per heavy atom. The van der Waals surface area contributed by atoms with E-state index >= 15 is 0 Å². The van der Waals surface area contributed by atoms with E-state index in [1.54, 1.807) is 5.57 Å². The second kappa shape index (κ2) is 11.7. The van der Waals surface area contributed by atoms with Gasteiger partial charge in [-0.3, -0.25) is 0 Å². The molecule has 2 nitrogen and oxygen atoms in total. The summed E-state index contributed by atoms with van der Waals surface area (Å²) in [6.07, 6.45) is 15.2. The largest absolute Gasteiger partial charge is 0.342 e. The van der Waals surface area contributed by atoms with Gasteiger partial charge in [-0.15, -0.1) is 0 Å². The molecule has 0 aromatic heterocycles. The minimum absolute atomic E-state index is 0.0741.